The highest BCUT2D eigenvalue weighted by Gasteiger charge is 2.16. The van der Waals surface area contributed by atoms with Crippen molar-refractivity contribution in [3.8, 4) is 0 Å². The smallest absolute Gasteiger partial charge is 0.0449 e. The fourth-order valence-corrected chi connectivity index (χ4v) is 2.33. The number of hydrogen-bond acceptors (Lipinski definition) is 3. The van der Waals surface area contributed by atoms with E-state index in [2.05, 4.69) is 29.1 Å². The highest BCUT2D eigenvalue weighted by Crippen LogP contribution is 2.24. The van der Waals surface area contributed by atoms with Crippen molar-refractivity contribution in [3.63, 3.8) is 0 Å². The summed E-state index contributed by atoms with van der Waals surface area (Å²) in [6, 6.07) is 14.6. The Morgan fingerprint density at radius 3 is 2.42 bits per heavy atom. The second kappa shape index (κ2) is 7.02. The Hall–Kier alpha value is -1.71. The van der Waals surface area contributed by atoms with Crippen LogP contribution in [0.15, 0.2) is 54.9 Å². The maximum Gasteiger partial charge on any atom is 0.0449 e. The minimum Gasteiger partial charge on any atom is -0.396 e. The van der Waals surface area contributed by atoms with Gasteiger partial charge in [-0.25, -0.2) is 0 Å². The summed E-state index contributed by atoms with van der Waals surface area (Å²) in [4.78, 5) is 6.30. The number of aliphatic hydroxyl groups is 1. The second-order valence-corrected chi connectivity index (χ2v) is 4.71. The maximum absolute atomic E-state index is 9.28. The van der Waals surface area contributed by atoms with E-state index in [1.807, 2.05) is 42.7 Å². The normalized spacial score (nSPS) is 12.6. The van der Waals surface area contributed by atoms with Crippen LogP contribution in [0, 0.1) is 0 Å². The molecule has 0 fully saturated rings. The van der Waals surface area contributed by atoms with Gasteiger partial charge in [0.2, 0.25) is 0 Å². The first-order chi connectivity index (χ1) is 9.31. The Bertz CT molecular complexity index is 473. The van der Waals surface area contributed by atoms with E-state index in [9.17, 15) is 5.11 Å². The molecule has 3 nitrogen and oxygen atoms in total. The zero-order valence-corrected chi connectivity index (χ0v) is 11.2. The third-order valence-electron chi connectivity index (χ3n) is 3.30. The van der Waals surface area contributed by atoms with Gasteiger partial charge < -0.3 is 5.11 Å². The number of hydrogen-bond donors (Lipinski definition) is 1. The van der Waals surface area contributed by atoms with Crippen molar-refractivity contribution in [1.29, 1.82) is 0 Å². The van der Waals surface area contributed by atoms with Crippen LogP contribution >= 0.6 is 0 Å². The Labute approximate surface area is 114 Å². The minimum atomic E-state index is 0.195. The van der Waals surface area contributed by atoms with Gasteiger partial charge in [0.25, 0.3) is 0 Å². The molecule has 0 aliphatic heterocycles. The van der Waals surface area contributed by atoms with Gasteiger partial charge >= 0.3 is 0 Å². The number of pyridine rings is 1. The van der Waals surface area contributed by atoms with Gasteiger partial charge in [-0.1, -0.05) is 30.3 Å². The van der Waals surface area contributed by atoms with Crippen LogP contribution < -0.4 is 0 Å². The van der Waals surface area contributed by atoms with Crippen LogP contribution in [0.4, 0.5) is 0 Å². The van der Waals surface area contributed by atoms with E-state index in [4.69, 9.17) is 0 Å². The van der Waals surface area contributed by atoms with E-state index in [0.717, 1.165) is 13.0 Å². The first-order valence-corrected chi connectivity index (χ1v) is 6.56. The minimum absolute atomic E-state index is 0.195. The first kappa shape index (κ1) is 13.7. The Balaban J connectivity index is 2.11. The molecule has 0 amide bonds. The Morgan fingerprint density at radius 2 is 1.79 bits per heavy atom. The molecule has 0 aliphatic rings. The molecule has 0 saturated heterocycles. The molecule has 0 bridgehead atoms. The third-order valence-corrected chi connectivity index (χ3v) is 3.30. The van der Waals surface area contributed by atoms with Crippen molar-refractivity contribution in [1.82, 2.24) is 9.88 Å². The molecule has 0 radical (unpaired) electrons. The molecule has 1 N–H and O–H groups in total. The van der Waals surface area contributed by atoms with Gasteiger partial charge in [0, 0.05) is 31.6 Å². The van der Waals surface area contributed by atoms with Crippen LogP contribution in [0.3, 0.4) is 0 Å². The molecule has 100 valence electrons. The van der Waals surface area contributed by atoms with Gasteiger partial charge in [-0.15, -0.1) is 0 Å². The van der Waals surface area contributed by atoms with Crippen molar-refractivity contribution in [2.45, 2.75) is 19.0 Å². The number of aliphatic hydroxyl groups excluding tert-OH is 1. The average Bonchev–Trinajstić information content (AvgIpc) is 2.46. The summed E-state index contributed by atoms with van der Waals surface area (Å²) >= 11 is 0. The molecule has 0 aliphatic carbocycles. The van der Waals surface area contributed by atoms with E-state index in [1.165, 1.54) is 11.1 Å². The maximum atomic E-state index is 9.28. The average molecular weight is 256 g/mol. The molecule has 0 saturated carbocycles. The molecule has 2 rings (SSSR count). The lowest BCUT2D eigenvalue weighted by Gasteiger charge is -2.28. The molecule has 1 heterocycles. The van der Waals surface area contributed by atoms with Crippen molar-refractivity contribution < 1.29 is 5.11 Å². The second-order valence-electron chi connectivity index (χ2n) is 4.71. The molecule has 1 aromatic carbocycles. The van der Waals surface area contributed by atoms with Crippen LogP contribution in [0.5, 0.6) is 0 Å². The SMILES string of the molecule is CN(Cc1ccncc1)C(CCO)c1ccccc1. The van der Waals surface area contributed by atoms with Crippen LogP contribution in [0.1, 0.15) is 23.6 Å². The standard InChI is InChI=1S/C16H20N2O/c1-18(13-14-7-10-17-11-8-14)16(9-12-19)15-5-3-2-4-6-15/h2-8,10-11,16,19H,9,12-13H2,1H3. The molecule has 1 aromatic heterocycles. The summed E-state index contributed by atoms with van der Waals surface area (Å²) in [6.07, 6.45) is 4.37. The summed E-state index contributed by atoms with van der Waals surface area (Å²) in [5, 5.41) is 9.28. The van der Waals surface area contributed by atoms with Gasteiger partial charge in [-0.05, 0) is 36.7 Å². The van der Waals surface area contributed by atoms with E-state index < -0.39 is 0 Å². The highest BCUT2D eigenvalue weighted by molar-refractivity contribution is 5.19. The number of nitrogens with zero attached hydrogens (tertiary/aromatic N) is 2. The largest absolute Gasteiger partial charge is 0.396 e. The van der Waals surface area contributed by atoms with Gasteiger partial charge in [0.05, 0.1) is 0 Å². The fourth-order valence-electron chi connectivity index (χ4n) is 2.33. The molecule has 19 heavy (non-hydrogen) atoms. The van der Waals surface area contributed by atoms with Crippen molar-refractivity contribution in [3.05, 3.63) is 66.0 Å². The van der Waals surface area contributed by atoms with Crippen LogP contribution in [0.2, 0.25) is 0 Å². The van der Waals surface area contributed by atoms with E-state index >= 15 is 0 Å². The Morgan fingerprint density at radius 1 is 1.11 bits per heavy atom. The molecular formula is C16H20N2O. The number of rotatable bonds is 6. The predicted molar refractivity (Wildman–Crippen MR) is 76.6 cm³/mol. The zero-order chi connectivity index (χ0) is 13.5. The summed E-state index contributed by atoms with van der Waals surface area (Å²) in [7, 11) is 2.09. The Kier molecular flexibility index (Phi) is 5.07. The van der Waals surface area contributed by atoms with Crippen molar-refractivity contribution >= 4 is 0 Å². The lowest BCUT2D eigenvalue weighted by Crippen LogP contribution is -2.25. The van der Waals surface area contributed by atoms with Gasteiger partial charge in [-0.2, -0.15) is 0 Å². The van der Waals surface area contributed by atoms with Gasteiger partial charge in [0.1, 0.15) is 0 Å². The molecule has 1 unspecified atom stereocenters. The first-order valence-electron chi connectivity index (χ1n) is 6.56. The quantitative estimate of drug-likeness (QED) is 0.863. The van der Waals surface area contributed by atoms with Crippen molar-refractivity contribution in [2.24, 2.45) is 0 Å². The molecular weight excluding hydrogens is 236 g/mol. The van der Waals surface area contributed by atoms with Crippen LogP contribution in [-0.4, -0.2) is 28.6 Å². The monoisotopic (exact) mass is 256 g/mol. The lowest BCUT2D eigenvalue weighted by molar-refractivity contribution is 0.180. The van der Waals surface area contributed by atoms with Gasteiger partial charge in [0.15, 0.2) is 0 Å². The molecule has 1 atom stereocenters. The lowest BCUT2D eigenvalue weighted by atomic mass is 10.0. The zero-order valence-electron chi connectivity index (χ0n) is 11.2. The third kappa shape index (κ3) is 3.88. The summed E-state index contributed by atoms with van der Waals surface area (Å²) in [5.74, 6) is 0. The summed E-state index contributed by atoms with van der Waals surface area (Å²) in [5.41, 5.74) is 2.48. The molecule has 2 aromatic rings. The summed E-state index contributed by atoms with van der Waals surface area (Å²) in [6.45, 7) is 1.04. The number of benzene rings is 1. The van der Waals surface area contributed by atoms with Crippen LogP contribution in [0.25, 0.3) is 0 Å². The van der Waals surface area contributed by atoms with Gasteiger partial charge in [-0.3, -0.25) is 9.88 Å². The summed E-state index contributed by atoms with van der Waals surface area (Å²) < 4.78 is 0. The van der Waals surface area contributed by atoms with E-state index in [0.29, 0.717) is 0 Å². The highest BCUT2D eigenvalue weighted by atomic mass is 16.3. The van der Waals surface area contributed by atoms with E-state index in [-0.39, 0.29) is 12.6 Å². The van der Waals surface area contributed by atoms with Crippen molar-refractivity contribution in [2.75, 3.05) is 13.7 Å². The number of aromatic nitrogens is 1. The van der Waals surface area contributed by atoms with Crippen LogP contribution in [-0.2, 0) is 6.54 Å². The molecule has 3 heteroatoms. The molecule has 0 spiro atoms. The fraction of sp³-hybridized carbons (Fsp3) is 0.312. The predicted octanol–water partition coefficient (Wildman–Crippen LogP) is 2.64. The topological polar surface area (TPSA) is 36.4 Å². The van der Waals surface area contributed by atoms with E-state index in [1.54, 1.807) is 0 Å².